The Balaban J connectivity index is 1.80. The minimum atomic E-state index is 0.562. The third-order valence-electron chi connectivity index (χ3n) is 4.10. The van der Waals surface area contributed by atoms with Crippen molar-refractivity contribution < 1.29 is 0 Å². The van der Waals surface area contributed by atoms with E-state index in [1.165, 1.54) is 25.0 Å². The van der Waals surface area contributed by atoms with Gasteiger partial charge >= 0.3 is 0 Å². The quantitative estimate of drug-likeness (QED) is 0.831. The van der Waals surface area contributed by atoms with Crippen LogP contribution in [0, 0.1) is 5.92 Å². The molecule has 0 amide bonds. The number of amidine groups is 1. The standard InChI is InChI=1S/C14H27N3S/c1-10(2)13-7-8-18-14(16-13)15-9-11(3)17(4)12-5-6-12/h10-13H,5-9H2,1-4H3,(H,15,16). The maximum Gasteiger partial charge on any atom is 0.156 e. The second-order valence-corrected chi connectivity index (χ2v) is 7.11. The van der Waals surface area contributed by atoms with Crippen LogP contribution < -0.4 is 5.32 Å². The van der Waals surface area contributed by atoms with Crippen molar-refractivity contribution in [2.75, 3.05) is 19.3 Å². The minimum Gasteiger partial charge on any atom is -0.362 e. The van der Waals surface area contributed by atoms with Gasteiger partial charge in [0.1, 0.15) is 0 Å². The van der Waals surface area contributed by atoms with E-state index in [1.807, 2.05) is 11.8 Å². The van der Waals surface area contributed by atoms with Gasteiger partial charge in [-0.15, -0.1) is 0 Å². The highest BCUT2D eigenvalue weighted by Gasteiger charge is 2.29. The van der Waals surface area contributed by atoms with E-state index in [0.29, 0.717) is 18.0 Å². The van der Waals surface area contributed by atoms with Crippen LogP contribution in [0.1, 0.15) is 40.0 Å². The van der Waals surface area contributed by atoms with Crippen LogP contribution in [0.5, 0.6) is 0 Å². The zero-order valence-corrected chi connectivity index (χ0v) is 13.0. The van der Waals surface area contributed by atoms with Gasteiger partial charge in [0.05, 0.1) is 6.54 Å². The Kier molecular flexibility index (Phi) is 4.96. The number of aliphatic imine (C=N–C) groups is 1. The highest BCUT2D eigenvalue weighted by atomic mass is 32.2. The van der Waals surface area contributed by atoms with E-state index in [1.54, 1.807) is 0 Å². The van der Waals surface area contributed by atoms with Gasteiger partial charge in [-0.1, -0.05) is 25.6 Å². The molecule has 0 bridgehead atoms. The summed E-state index contributed by atoms with van der Waals surface area (Å²) >= 11 is 1.88. The SMILES string of the molecule is CC(C)C1CCSC(=NCC(C)N(C)C2CC2)N1. The molecule has 1 saturated heterocycles. The molecule has 3 nitrogen and oxygen atoms in total. The van der Waals surface area contributed by atoms with E-state index < -0.39 is 0 Å². The molecule has 1 heterocycles. The monoisotopic (exact) mass is 269 g/mol. The van der Waals surface area contributed by atoms with Crippen molar-refractivity contribution in [3.8, 4) is 0 Å². The van der Waals surface area contributed by atoms with E-state index in [-0.39, 0.29) is 0 Å². The maximum atomic E-state index is 4.77. The van der Waals surface area contributed by atoms with E-state index in [4.69, 9.17) is 4.99 Å². The molecule has 1 aliphatic carbocycles. The Bertz CT molecular complexity index is 299. The van der Waals surface area contributed by atoms with Gasteiger partial charge in [0.2, 0.25) is 0 Å². The Hall–Kier alpha value is -0.220. The molecule has 1 aliphatic heterocycles. The topological polar surface area (TPSA) is 27.6 Å². The van der Waals surface area contributed by atoms with Crippen LogP contribution in [0.15, 0.2) is 4.99 Å². The molecule has 1 N–H and O–H groups in total. The van der Waals surface area contributed by atoms with Crippen LogP contribution in [-0.4, -0.2) is 47.5 Å². The summed E-state index contributed by atoms with van der Waals surface area (Å²) in [5.74, 6) is 1.91. The molecule has 0 aromatic rings. The fourth-order valence-electron chi connectivity index (χ4n) is 2.33. The summed E-state index contributed by atoms with van der Waals surface area (Å²) in [7, 11) is 2.24. The number of thioether (sulfide) groups is 1. The summed E-state index contributed by atoms with van der Waals surface area (Å²) in [6.45, 7) is 7.78. The summed E-state index contributed by atoms with van der Waals surface area (Å²) in [5.41, 5.74) is 0. The van der Waals surface area contributed by atoms with Crippen LogP contribution in [0.25, 0.3) is 0 Å². The number of nitrogens with zero attached hydrogens (tertiary/aromatic N) is 2. The fraction of sp³-hybridized carbons (Fsp3) is 0.929. The van der Waals surface area contributed by atoms with Crippen molar-refractivity contribution in [3.05, 3.63) is 0 Å². The van der Waals surface area contributed by atoms with Crippen LogP contribution in [0.4, 0.5) is 0 Å². The highest BCUT2D eigenvalue weighted by Crippen LogP contribution is 2.27. The lowest BCUT2D eigenvalue weighted by Gasteiger charge is -2.29. The lowest BCUT2D eigenvalue weighted by Crippen LogP contribution is -2.42. The molecule has 2 aliphatic rings. The summed E-state index contributed by atoms with van der Waals surface area (Å²) < 4.78 is 0. The first-order chi connectivity index (χ1) is 8.58. The Morgan fingerprint density at radius 3 is 2.67 bits per heavy atom. The van der Waals surface area contributed by atoms with Gasteiger partial charge < -0.3 is 5.32 Å². The van der Waals surface area contributed by atoms with Crippen LogP contribution in [0.3, 0.4) is 0 Å². The second kappa shape index (κ2) is 6.29. The summed E-state index contributed by atoms with van der Waals surface area (Å²) in [5, 5.41) is 4.75. The number of hydrogen-bond donors (Lipinski definition) is 1. The number of hydrogen-bond acceptors (Lipinski definition) is 3. The molecule has 2 unspecified atom stereocenters. The van der Waals surface area contributed by atoms with Gasteiger partial charge in [0.15, 0.2) is 5.17 Å². The normalized spacial score (nSPS) is 28.8. The summed E-state index contributed by atoms with van der Waals surface area (Å²) in [6.07, 6.45) is 4.01. The first-order valence-corrected chi connectivity index (χ1v) is 8.22. The second-order valence-electron chi connectivity index (χ2n) is 6.02. The number of nitrogens with one attached hydrogen (secondary N) is 1. The Morgan fingerprint density at radius 2 is 2.06 bits per heavy atom. The average molecular weight is 269 g/mol. The van der Waals surface area contributed by atoms with Gasteiger partial charge in [0.25, 0.3) is 0 Å². The fourth-order valence-corrected chi connectivity index (χ4v) is 3.30. The molecule has 1 saturated carbocycles. The van der Waals surface area contributed by atoms with Crippen LogP contribution in [-0.2, 0) is 0 Å². The lowest BCUT2D eigenvalue weighted by molar-refractivity contribution is 0.253. The van der Waals surface area contributed by atoms with E-state index in [0.717, 1.165) is 17.8 Å². The van der Waals surface area contributed by atoms with Gasteiger partial charge in [-0.3, -0.25) is 9.89 Å². The molecule has 4 heteroatoms. The first kappa shape index (κ1) is 14.2. The van der Waals surface area contributed by atoms with E-state index in [9.17, 15) is 0 Å². The number of likely N-dealkylation sites (N-methyl/N-ethyl adjacent to an activating group) is 1. The van der Waals surface area contributed by atoms with Gasteiger partial charge in [-0.2, -0.15) is 0 Å². The predicted molar refractivity (Wildman–Crippen MR) is 81.4 cm³/mol. The molecule has 2 fully saturated rings. The molecule has 104 valence electrons. The predicted octanol–water partition coefficient (Wildman–Crippen LogP) is 2.58. The number of rotatable bonds is 5. The van der Waals surface area contributed by atoms with Crippen molar-refractivity contribution in [3.63, 3.8) is 0 Å². The Morgan fingerprint density at radius 1 is 1.33 bits per heavy atom. The third kappa shape index (κ3) is 3.89. The van der Waals surface area contributed by atoms with E-state index in [2.05, 4.69) is 38.0 Å². The van der Waals surface area contributed by atoms with Crippen molar-refractivity contribution in [2.24, 2.45) is 10.9 Å². The van der Waals surface area contributed by atoms with Gasteiger partial charge in [-0.25, -0.2) is 0 Å². The molecule has 18 heavy (non-hydrogen) atoms. The first-order valence-electron chi connectivity index (χ1n) is 7.23. The van der Waals surface area contributed by atoms with E-state index >= 15 is 0 Å². The van der Waals surface area contributed by atoms with Crippen molar-refractivity contribution in [2.45, 2.75) is 58.2 Å². The molecular formula is C14H27N3S. The van der Waals surface area contributed by atoms with Gasteiger partial charge in [0, 0.05) is 23.9 Å². The van der Waals surface area contributed by atoms with Crippen molar-refractivity contribution in [1.29, 1.82) is 0 Å². The Labute approximate surface area is 116 Å². The lowest BCUT2D eigenvalue weighted by atomic mass is 10.0. The minimum absolute atomic E-state index is 0.562. The molecule has 2 rings (SSSR count). The largest absolute Gasteiger partial charge is 0.362 e. The molecular weight excluding hydrogens is 242 g/mol. The zero-order chi connectivity index (χ0) is 13.1. The van der Waals surface area contributed by atoms with Crippen LogP contribution in [0.2, 0.25) is 0 Å². The van der Waals surface area contributed by atoms with Crippen molar-refractivity contribution in [1.82, 2.24) is 10.2 Å². The molecule has 0 aromatic heterocycles. The highest BCUT2D eigenvalue weighted by molar-refractivity contribution is 8.13. The summed E-state index contributed by atoms with van der Waals surface area (Å²) in [4.78, 5) is 7.26. The molecule has 0 aromatic carbocycles. The summed E-state index contributed by atoms with van der Waals surface area (Å²) in [6, 6.07) is 2.00. The zero-order valence-electron chi connectivity index (χ0n) is 12.1. The third-order valence-corrected chi connectivity index (χ3v) is 5.06. The van der Waals surface area contributed by atoms with Crippen molar-refractivity contribution >= 4 is 16.9 Å². The molecule has 2 atom stereocenters. The molecule has 0 radical (unpaired) electrons. The van der Waals surface area contributed by atoms with Gasteiger partial charge in [-0.05, 0) is 39.2 Å². The molecule has 0 spiro atoms. The maximum absolute atomic E-state index is 4.77. The smallest absolute Gasteiger partial charge is 0.156 e. The average Bonchev–Trinajstić information content (AvgIpc) is 3.19. The van der Waals surface area contributed by atoms with Crippen LogP contribution >= 0.6 is 11.8 Å².